The number of carbonyl (C=O) groups excluding carboxylic acids is 1. The first-order valence-corrected chi connectivity index (χ1v) is 7.72. The van der Waals surface area contributed by atoms with Gasteiger partial charge in [-0.05, 0) is 24.6 Å². The molecule has 0 unspecified atom stereocenters. The van der Waals surface area contributed by atoms with Gasteiger partial charge in [0.25, 0.3) is 5.91 Å². The van der Waals surface area contributed by atoms with E-state index < -0.39 is 11.7 Å². The molecule has 3 aromatic rings. The molecule has 0 bridgehead atoms. The van der Waals surface area contributed by atoms with Crippen LogP contribution in [0.2, 0.25) is 0 Å². The first-order chi connectivity index (χ1) is 12.2. The maximum absolute atomic E-state index is 12.8. The Morgan fingerprint density at radius 2 is 2.00 bits per heavy atom. The quantitative estimate of drug-likeness (QED) is 0.774. The minimum Gasteiger partial charge on any atom is -0.319 e. The Bertz CT molecular complexity index is 942. The van der Waals surface area contributed by atoms with Gasteiger partial charge in [0.15, 0.2) is 0 Å². The van der Waals surface area contributed by atoms with Crippen LogP contribution in [0.4, 0.5) is 18.9 Å². The molecule has 1 N–H and O–H groups in total. The molecule has 1 aromatic carbocycles. The number of hydrogen-bond donors (Lipinski definition) is 1. The Labute approximate surface area is 147 Å². The predicted molar refractivity (Wildman–Crippen MR) is 88.7 cm³/mol. The van der Waals surface area contributed by atoms with Crippen molar-refractivity contribution in [2.24, 2.45) is 7.05 Å². The third-order valence-electron chi connectivity index (χ3n) is 3.97. The van der Waals surface area contributed by atoms with Crippen LogP contribution < -0.4 is 5.32 Å². The third kappa shape index (κ3) is 3.76. The minimum absolute atomic E-state index is 0.158. The van der Waals surface area contributed by atoms with Crippen molar-refractivity contribution in [3.8, 4) is 0 Å². The van der Waals surface area contributed by atoms with Gasteiger partial charge in [0.2, 0.25) is 0 Å². The summed E-state index contributed by atoms with van der Waals surface area (Å²) in [7, 11) is 1.74. The van der Waals surface area contributed by atoms with Crippen LogP contribution in [0, 0.1) is 6.92 Å². The Morgan fingerprint density at radius 1 is 1.23 bits per heavy atom. The molecule has 0 saturated carbocycles. The number of halogens is 3. The molecule has 26 heavy (non-hydrogen) atoms. The van der Waals surface area contributed by atoms with Gasteiger partial charge in [-0.3, -0.25) is 14.2 Å². The summed E-state index contributed by atoms with van der Waals surface area (Å²) in [6.07, 6.45) is 0.0830. The van der Waals surface area contributed by atoms with Crippen molar-refractivity contribution in [3.05, 3.63) is 65.2 Å². The highest BCUT2D eigenvalue weighted by Gasteiger charge is 2.30. The second-order valence-electron chi connectivity index (χ2n) is 5.85. The van der Waals surface area contributed by atoms with Crippen molar-refractivity contribution in [1.29, 1.82) is 0 Å². The van der Waals surface area contributed by atoms with Gasteiger partial charge in [0.1, 0.15) is 0 Å². The maximum atomic E-state index is 12.8. The number of alkyl halides is 3. The van der Waals surface area contributed by atoms with Gasteiger partial charge in [-0.2, -0.15) is 23.4 Å². The van der Waals surface area contributed by atoms with E-state index in [0.717, 1.165) is 17.8 Å². The summed E-state index contributed by atoms with van der Waals surface area (Å²) in [4.78, 5) is 12.2. The molecule has 0 atom stereocenters. The number of aromatic nitrogens is 4. The molecule has 9 heteroatoms. The molecule has 6 nitrogen and oxygen atoms in total. The van der Waals surface area contributed by atoms with E-state index in [1.165, 1.54) is 23.1 Å². The Balaban J connectivity index is 1.71. The first kappa shape index (κ1) is 17.7. The van der Waals surface area contributed by atoms with E-state index >= 15 is 0 Å². The van der Waals surface area contributed by atoms with Gasteiger partial charge in [-0.25, -0.2) is 0 Å². The molecule has 0 radical (unpaired) electrons. The number of aryl methyl sites for hydroxylation is 1. The van der Waals surface area contributed by atoms with Crippen LogP contribution in [0.5, 0.6) is 0 Å². The van der Waals surface area contributed by atoms with Gasteiger partial charge < -0.3 is 5.32 Å². The van der Waals surface area contributed by atoms with Crippen LogP contribution >= 0.6 is 0 Å². The largest absolute Gasteiger partial charge is 0.416 e. The smallest absolute Gasteiger partial charge is 0.319 e. The molecule has 0 fully saturated rings. The number of amides is 1. The lowest BCUT2D eigenvalue weighted by Crippen LogP contribution is -2.12. The standard InChI is InChI=1S/C17H16F3N5O/c1-11-15(8-21-24(11)2)16(26)23-14-7-22-25(10-14)9-12-4-3-5-13(6-12)17(18,19)20/h3-8,10H,9H2,1-2H3,(H,23,26). The second kappa shape index (κ2) is 6.66. The number of nitrogens with one attached hydrogen (secondary N) is 1. The Morgan fingerprint density at radius 3 is 2.65 bits per heavy atom. The zero-order valence-corrected chi connectivity index (χ0v) is 14.1. The number of hydrogen-bond acceptors (Lipinski definition) is 3. The Hall–Kier alpha value is -3.10. The molecule has 2 aromatic heterocycles. The van der Waals surface area contributed by atoms with E-state index in [1.807, 2.05) is 0 Å². The molecule has 2 heterocycles. The fourth-order valence-electron chi connectivity index (χ4n) is 2.47. The summed E-state index contributed by atoms with van der Waals surface area (Å²) < 4.78 is 41.4. The highest BCUT2D eigenvalue weighted by Crippen LogP contribution is 2.29. The third-order valence-corrected chi connectivity index (χ3v) is 3.97. The number of nitrogens with zero attached hydrogens (tertiary/aromatic N) is 4. The fourth-order valence-corrected chi connectivity index (χ4v) is 2.47. The lowest BCUT2D eigenvalue weighted by molar-refractivity contribution is -0.137. The summed E-state index contributed by atoms with van der Waals surface area (Å²) in [6, 6.07) is 5.05. The predicted octanol–water partition coefficient (Wildman–Crippen LogP) is 3.24. The lowest BCUT2D eigenvalue weighted by atomic mass is 10.1. The van der Waals surface area contributed by atoms with Crippen LogP contribution in [0.25, 0.3) is 0 Å². The van der Waals surface area contributed by atoms with Crippen LogP contribution in [0.15, 0.2) is 42.9 Å². The van der Waals surface area contributed by atoms with Crippen LogP contribution in [0.3, 0.4) is 0 Å². The Kier molecular flexibility index (Phi) is 4.54. The average Bonchev–Trinajstić information content (AvgIpc) is 3.14. The number of rotatable bonds is 4. The van der Waals surface area contributed by atoms with Gasteiger partial charge in [-0.15, -0.1) is 0 Å². The van der Waals surface area contributed by atoms with E-state index in [0.29, 0.717) is 16.8 Å². The maximum Gasteiger partial charge on any atom is 0.416 e. The second-order valence-corrected chi connectivity index (χ2v) is 5.85. The molecule has 0 saturated heterocycles. The molecule has 0 aliphatic rings. The monoisotopic (exact) mass is 363 g/mol. The highest BCUT2D eigenvalue weighted by molar-refractivity contribution is 6.04. The molecule has 0 spiro atoms. The van der Waals surface area contributed by atoms with Crippen LogP contribution in [-0.4, -0.2) is 25.5 Å². The summed E-state index contributed by atoms with van der Waals surface area (Å²) >= 11 is 0. The molecule has 0 aliphatic carbocycles. The summed E-state index contributed by atoms with van der Waals surface area (Å²) in [5.74, 6) is -0.325. The molecular formula is C17H16F3N5O. The van der Waals surface area contributed by atoms with Crippen molar-refractivity contribution in [1.82, 2.24) is 19.6 Å². The topological polar surface area (TPSA) is 64.7 Å². The van der Waals surface area contributed by atoms with E-state index in [9.17, 15) is 18.0 Å². The average molecular weight is 363 g/mol. The molecule has 1 amide bonds. The number of benzene rings is 1. The van der Waals surface area contributed by atoms with Crippen molar-refractivity contribution in [2.75, 3.05) is 5.32 Å². The number of carbonyl (C=O) groups is 1. The van der Waals surface area contributed by atoms with E-state index in [2.05, 4.69) is 15.5 Å². The molecule has 136 valence electrons. The number of anilines is 1. The lowest BCUT2D eigenvalue weighted by Gasteiger charge is -2.08. The summed E-state index contributed by atoms with van der Waals surface area (Å²) in [6.45, 7) is 1.94. The zero-order valence-electron chi connectivity index (χ0n) is 14.1. The van der Waals surface area contributed by atoms with Crippen LogP contribution in [0.1, 0.15) is 27.2 Å². The SMILES string of the molecule is Cc1c(C(=O)Nc2cnn(Cc3cccc(C(F)(F)F)c3)c2)cnn1C. The van der Waals surface area contributed by atoms with Gasteiger partial charge in [0, 0.05) is 18.9 Å². The van der Waals surface area contributed by atoms with Gasteiger partial charge in [-0.1, -0.05) is 12.1 Å². The zero-order chi connectivity index (χ0) is 18.9. The summed E-state index contributed by atoms with van der Waals surface area (Å²) in [5.41, 5.74) is 1.37. The van der Waals surface area contributed by atoms with Crippen molar-refractivity contribution in [3.63, 3.8) is 0 Å². The van der Waals surface area contributed by atoms with Crippen LogP contribution in [-0.2, 0) is 19.8 Å². The van der Waals surface area contributed by atoms with Crippen molar-refractivity contribution in [2.45, 2.75) is 19.6 Å². The van der Waals surface area contributed by atoms with Gasteiger partial charge in [0.05, 0.1) is 35.8 Å². The highest BCUT2D eigenvalue weighted by atomic mass is 19.4. The van der Waals surface area contributed by atoms with E-state index in [1.54, 1.807) is 30.9 Å². The van der Waals surface area contributed by atoms with Gasteiger partial charge >= 0.3 is 6.18 Å². The minimum atomic E-state index is -4.39. The fraction of sp³-hybridized carbons (Fsp3) is 0.235. The first-order valence-electron chi connectivity index (χ1n) is 7.72. The van der Waals surface area contributed by atoms with Crippen molar-refractivity contribution < 1.29 is 18.0 Å². The van der Waals surface area contributed by atoms with Crippen molar-refractivity contribution >= 4 is 11.6 Å². The molecular weight excluding hydrogens is 347 g/mol. The summed E-state index contributed by atoms with van der Waals surface area (Å²) in [5, 5.41) is 10.8. The van der Waals surface area contributed by atoms with E-state index in [-0.39, 0.29) is 12.5 Å². The normalized spacial score (nSPS) is 11.6. The van der Waals surface area contributed by atoms with E-state index in [4.69, 9.17) is 0 Å². The molecule has 0 aliphatic heterocycles. The molecule has 3 rings (SSSR count).